The van der Waals surface area contributed by atoms with E-state index < -0.39 is 5.97 Å². The molecule has 0 bridgehead atoms. The van der Waals surface area contributed by atoms with Gasteiger partial charge in [0.25, 0.3) is 0 Å². The number of hydrogen-bond donors (Lipinski definition) is 2. The van der Waals surface area contributed by atoms with Crippen molar-refractivity contribution in [2.45, 2.75) is 6.92 Å². The van der Waals surface area contributed by atoms with Crippen molar-refractivity contribution in [3.8, 4) is 0 Å². The number of carboxylic acid groups (broad SMARTS) is 1. The Kier molecular flexibility index (Phi) is 2.78. The molecule has 6 nitrogen and oxygen atoms in total. The topological polar surface area (TPSA) is 88.0 Å². The minimum absolute atomic E-state index is 0.0825. The van der Waals surface area contributed by atoms with Gasteiger partial charge in [-0.25, -0.2) is 9.78 Å². The lowest BCUT2D eigenvalue weighted by Crippen LogP contribution is -2.03. The van der Waals surface area contributed by atoms with Gasteiger partial charge in [0.1, 0.15) is 0 Å². The van der Waals surface area contributed by atoms with Gasteiger partial charge in [0, 0.05) is 11.1 Å². The molecule has 2 aromatic rings. The fourth-order valence-electron chi connectivity index (χ4n) is 1.04. The van der Waals surface area contributed by atoms with Crippen molar-refractivity contribution >= 4 is 28.3 Å². The minimum Gasteiger partial charge on any atom is -0.476 e. The lowest BCUT2D eigenvalue weighted by molar-refractivity contribution is 0.0689. The number of carbonyl (C=O) groups is 1. The Morgan fingerprint density at radius 1 is 1.44 bits per heavy atom. The second-order valence-electron chi connectivity index (χ2n) is 3.01. The van der Waals surface area contributed by atoms with E-state index in [0.29, 0.717) is 10.9 Å². The lowest BCUT2D eigenvalue weighted by Gasteiger charge is -1.99. The number of carboxylic acids is 1. The molecule has 0 atom stereocenters. The van der Waals surface area contributed by atoms with Crippen LogP contribution in [-0.4, -0.2) is 26.3 Å². The van der Waals surface area contributed by atoms with Gasteiger partial charge >= 0.3 is 5.97 Å². The number of nitrogens with one attached hydrogen (secondary N) is 1. The average molecular weight is 236 g/mol. The Morgan fingerprint density at radius 3 is 2.75 bits per heavy atom. The van der Waals surface area contributed by atoms with Gasteiger partial charge in [0.2, 0.25) is 0 Å². The number of thiazole rings is 1. The molecule has 2 aromatic heterocycles. The van der Waals surface area contributed by atoms with E-state index in [0.717, 1.165) is 4.88 Å². The molecule has 82 valence electrons. The first-order valence-electron chi connectivity index (χ1n) is 4.41. The third-order valence-corrected chi connectivity index (χ3v) is 2.57. The maximum Gasteiger partial charge on any atom is 0.356 e. The molecule has 7 heteroatoms. The number of aromatic carboxylic acids is 1. The fourth-order valence-corrected chi connectivity index (χ4v) is 1.71. The van der Waals surface area contributed by atoms with Crippen LogP contribution in [-0.2, 0) is 0 Å². The molecule has 0 fully saturated rings. The summed E-state index contributed by atoms with van der Waals surface area (Å²) >= 11 is 1.49. The monoisotopic (exact) mass is 236 g/mol. The molecule has 0 spiro atoms. The fraction of sp³-hybridized carbons (Fsp3) is 0.111. The van der Waals surface area contributed by atoms with Crippen LogP contribution >= 0.6 is 11.3 Å². The molecule has 0 aromatic carbocycles. The number of anilines is 2. The summed E-state index contributed by atoms with van der Waals surface area (Å²) in [5.41, 5.74) is -0.0825. The number of aryl methyl sites for hydroxylation is 1. The van der Waals surface area contributed by atoms with Gasteiger partial charge in [-0.05, 0) is 19.1 Å². The van der Waals surface area contributed by atoms with E-state index in [1.807, 2.05) is 6.92 Å². The van der Waals surface area contributed by atoms with Gasteiger partial charge in [0.05, 0.1) is 0 Å². The quantitative estimate of drug-likeness (QED) is 0.843. The summed E-state index contributed by atoms with van der Waals surface area (Å²) in [5, 5.41) is 19.5. The summed E-state index contributed by atoms with van der Waals surface area (Å²) in [6.45, 7) is 1.95. The normalized spacial score (nSPS) is 10.1. The summed E-state index contributed by atoms with van der Waals surface area (Å²) in [5.74, 6) is -0.622. The summed E-state index contributed by atoms with van der Waals surface area (Å²) in [6, 6.07) is 2.94. The second-order valence-corrected chi connectivity index (χ2v) is 4.24. The summed E-state index contributed by atoms with van der Waals surface area (Å²) in [6.07, 6.45) is 1.74. The first kappa shape index (κ1) is 10.5. The van der Waals surface area contributed by atoms with Crippen LogP contribution in [0.1, 0.15) is 15.4 Å². The molecule has 2 heterocycles. The van der Waals surface area contributed by atoms with E-state index in [2.05, 4.69) is 20.5 Å². The van der Waals surface area contributed by atoms with Crippen LogP contribution in [0.25, 0.3) is 0 Å². The van der Waals surface area contributed by atoms with Gasteiger partial charge in [-0.2, -0.15) is 0 Å². The molecule has 0 amide bonds. The van der Waals surface area contributed by atoms with Crippen LogP contribution in [0.3, 0.4) is 0 Å². The first-order chi connectivity index (χ1) is 7.65. The predicted molar refractivity (Wildman–Crippen MR) is 59.1 cm³/mol. The van der Waals surface area contributed by atoms with Crippen molar-refractivity contribution in [3.63, 3.8) is 0 Å². The van der Waals surface area contributed by atoms with Gasteiger partial charge in [-0.15, -0.1) is 21.5 Å². The molecule has 0 unspecified atom stereocenters. The standard InChI is InChI=1S/C9H8N4O2S/c1-5-4-10-9(16-5)11-7-3-2-6(8(14)15)12-13-7/h2-4H,1H3,(H,14,15)(H,10,11,13). The molecule has 2 N–H and O–H groups in total. The predicted octanol–water partition coefficient (Wildman–Crippen LogP) is 1.68. The molecule has 0 aliphatic rings. The third kappa shape index (κ3) is 2.31. The molecule has 0 aliphatic heterocycles. The summed E-state index contributed by atoms with van der Waals surface area (Å²) in [7, 11) is 0. The Balaban J connectivity index is 2.14. The van der Waals surface area contributed by atoms with Gasteiger partial charge in [-0.1, -0.05) is 0 Å². The number of hydrogen-bond acceptors (Lipinski definition) is 6. The minimum atomic E-state index is -1.09. The van der Waals surface area contributed by atoms with Gasteiger partial charge < -0.3 is 10.4 Å². The van der Waals surface area contributed by atoms with Crippen LogP contribution in [0.4, 0.5) is 10.9 Å². The maximum absolute atomic E-state index is 10.5. The zero-order chi connectivity index (χ0) is 11.5. The number of aromatic nitrogens is 3. The van der Waals surface area contributed by atoms with Crippen molar-refractivity contribution in [1.29, 1.82) is 0 Å². The van der Waals surface area contributed by atoms with Crippen molar-refractivity contribution in [3.05, 3.63) is 28.9 Å². The van der Waals surface area contributed by atoms with Gasteiger partial charge in [-0.3, -0.25) is 0 Å². The molecular formula is C9H8N4O2S. The molecule has 0 saturated carbocycles. The lowest BCUT2D eigenvalue weighted by atomic mass is 10.4. The summed E-state index contributed by atoms with van der Waals surface area (Å²) in [4.78, 5) is 15.7. The highest BCUT2D eigenvalue weighted by Crippen LogP contribution is 2.19. The molecule has 2 rings (SSSR count). The Labute approximate surface area is 95.0 Å². The maximum atomic E-state index is 10.5. The van der Waals surface area contributed by atoms with Crippen molar-refractivity contribution in [2.75, 3.05) is 5.32 Å². The highest BCUT2D eigenvalue weighted by atomic mass is 32.1. The summed E-state index contributed by atoms with van der Waals surface area (Å²) < 4.78 is 0. The molecular weight excluding hydrogens is 228 g/mol. The largest absolute Gasteiger partial charge is 0.476 e. The van der Waals surface area contributed by atoms with E-state index in [9.17, 15) is 4.79 Å². The molecule has 0 radical (unpaired) electrons. The van der Waals surface area contributed by atoms with Crippen LogP contribution < -0.4 is 5.32 Å². The van der Waals surface area contributed by atoms with E-state index in [4.69, 9.17) is 5.11 Å². The number of nitrogens with zero attached hydrogens (tertiary/aromatic N) is 3. The van der Waals surface area contributed by atoms with Crippen LogP contribution in [0.15, 0.2) is 18.3 Å². The zero-order valence-corrected chi connectivity index (χ0v) is 9.15. The molecule has 16 heavy (non-hydrogen) atoms. The second kappa shape index (κ2) is 4.23. The van der Waals surface area contributed by atoms with Crippen LogP contribution in [0, 0.1) is 6.92 Å². The smallest absolute Gasteiger partial charge is 0.356 e. The van der Waals surface area contributed by atoms with Gasteiger partial charge in [0.15, 0.2) is 16.6 Å². The average Bonchev–Trinajstić information content (AvgIpc) is 2.65. The van der Waals surface area contributed by atoms with Crippen molar-refractivity contribution < 1.29 is 9.90 Å². The van der Waals surface area contributed by atoms with E-state index in [1.165, 1.54) is 17.4 Å². The highest BCUT2D eigenvalue weighted by Gasteiger charge is 2.05. The Hall–Kier alpha value is -2.02. The Bertz CT molecular complexity index is 508. The van der Waals surface area contributed by atoms with Crippen LogP contribution in [0.5, 0.6) is 0 Å². The third-order valence-electron chi connectivity index (χ3n) is 1.74. The first-order valence-corrected chi connectivity index (χ1v) is 5.23. The van der Waals surface area contributed by atoms with Crippen LogP contribution in [0.2, 0.25) is 0 Å². The molecule has 0 saturated heterocycles. The van der Waals surface area contributed by atoms with E-state index >= 15 is 0 Å². The Morgan fingerprint density at radius 2 is 2.25 bits per heavy atom. The van der Waals surface area contributed by atoms with Crippen molar-refractivity contribution in [1.82, 2.24) is 15.2 Å². The molecule has 0 aliphatic carbocycles. The number of rotatable bonds is 3. The van der Waals surface area contributed by atoms with Crippen molar-refractivity contribution in [2.24, 2.45) is 0 Å². The van der Waals surface area contributed by atoms with E-state index in [1.54, 1.807) is 12.3 Å². The SMILES string of the molecule is Cc1cnc(Nc2ccc(C(=O)O)nn2)s1. The zero-order valence-electron chi connectivity index (χ0n) is 8.34. The van der Waals surface area contributed by atoms with E-state index in [-0.39, 0.29) is 5.69 Å². The highest BCUT2D eigenvalue weighted by molar-refractivity contribution is 7.15.